The van der Waals surface area contributed by atoms with Crippen LogP contribution in [0.15, 0.2) is 170 Å². The molecule has 10 rings (SSSR count). The summed E-state index contributed by atoms with van der Waals surface area (Å²) in [6, 6.07) is 61.8. The van der Waals surface area contributed by atoms with Gasteiger partial charge in [0.2, 0.25) is 0 Å². The molecule has 0 amide bonds. The maximum absolute atomic E-state index is 5.12. The van der Waals surface area contributed by atoms with Crippen LogP contribution in [0, 0.1) is 0 Å². The Morgan fingerprint density at radius 2 is 0.960 bits per heavy atom. The molecule has 0 bridgehead atoms. The SMILES string of the molecule is CC1(C)c2ccccc2-c2ccc(-c3c4ccccc4c(-c4ccc(-c5nc6ccccc6n5-c5ccccc5)cc4)c4ccccc34)cc21. The highest BCUT2D eigenvalue weighted by molar-refractivity contribution is 6.21. The van der Waals surface area contributed by atoms with Crippen LogP contribution in [-0.2, 0) is 5.41 Å². The lowest BCUT2D eigenvalue weighted by Crippen LogP contribution is -2.14. The number of imidazole rings is 1. The molecule has 0 spiro atoms. The molecule has 0 radical (unpaired) electrons. The van der Waals surface area contributed by atoms with Crippen LogP contribution < -0.4 is 0 Å². The second kappa shape index (κ2) is 10.9. The van der Waals surface area contributed by atoms with Gasteiger partial charge in [0.1, 0.15) is 5.82 Å². The molecule has 50 heavy (non-hydrogen) atoms. The molecule has 236 valence electrons. The Labute approximate surface area is 291 Å². The number of hydrogen-bond donors (Lipinski definition) is 0. The molecule has 0 unspecified atom stereocenters. The second-order valence-corrected chi connectivity index (χ2v) is 13.9. The average molecular weight is 639 g/mol. The Balaban J connectivity index is 1.15. The summed E-state index contributed by atoms with van der Waals surface area (Å²) in [4.78, 5) is 5.12. The molecule has 0 fully saturated rings. The molecule has 1 aliphatic rings. The van der Waals surface area contributed by atoms with Gasteiger partial charge in [-0.05, 0) is 96.4 Å². The third-order valence-electron chi connectivity index (χ3n) is 10.8. The minimum absolute atomic E-state index is 0.0592. The molecule has 0 N–H and O–H groups in total. The summed E-state index contributed by atoms with van der Waals surface area (Å²) in [5, 5.41) is 5.05. The fraction of sp³-hybridized carbons (Fsp3) is 0.0625. The molecule has 0 saturated heterocycles. The number of benzene rings is 8. The second-order valence-electron chi connectivity index (χ2n) is 13.9. The quantitative estimate of drug-likeness (QED) is 0.175. The third-order valence-corrected chi connectivity index (χ3v) is 10.8. The van der Waals surface area contributed by atoms with Gasteiger partial charge >= 0.3 is 0 Å². The predicted octanol–water partition coefficient (Wildman–Crippen LogP) is 12.6. The number of para-hydroxylation sites is 3. The van der Waals surface area contributed by atoms with E-state index in [1.165, 1.54) is 66.1 Å². The van der Waals surface area contributed by atoms with Gasteiger partial charge in [-0.2, -0.15) is 0 Å². The van der Waals surface area contributed by atoms with Gasteiger partial charge < -0.3 is 0 Å². The first-order chi connectivity index (χ1) is 24.6. The van der Waals surface area contributed by atoms with E-state index in [0.717, 1.165) is 28.1 Å². The Bertz CT molecular complexity index is 2710. The summed E-state index contributed by atoms with van der Waals surface area (Å²) in [5.41, 5.74) is 14.7. The van der Waals surface area contributed by atoms with E-state index < -0.39 is 0 Å². The summed E-state index contributed by atoms with van der Waals surface area (Å²) in [6.07, 6.45) is 0. The van der Waals surface area contributed by atoms with Crippen LogP contribution in [0.25, 0.3) is 83.0 Å². The normalized spacial score (nSPS) is 13.2. The maximum atomic E-state index is 5.12. The van der Waals surface area contributed by atoms with Crippen molar-refractivity contribution in [1.29, 1.82) is 0 Å². The monoisotopic (exact) mass is 638 g/mol. The molecular formula is C48H34N2. The maximum Gasteiger partial charge on any atom is 0.145 e. The lowest BCUT2D eigenvalue weighted by Gasteiger charge is -2.23. The lowest BCUT2D eigenvalue weighted by molar-refractivity contribution is 0.660. The highest BCUT2D eigenvalue weighted by Gasteiger charge is 2.35. The van der Waals surface area contributed by atoms with E-state index in [1.54, 1.807) is 0 Å². The van der Waals surface area contributed by atoms with Crippen LogP contribution in [0.5, 0.6) is 0 Å². The molecule has 0 atom stereocenters. The number of hydrogen-bond acceptors (Lipinski definition) is 1. The molecule has 9 aromatic rings. The lowest BCUT2D eigenvalue weighted by atomic mass is 9.80. The van der Waals surface area contributed by atoms with E-state index in [2.05, 4.69) is 188 Å². The van der Waals surface area contributed by atoms with Crippen LogP contribution in [0.4, 0.5) is 0 Å². The number of fused-ring (bicyclic) bond motifs is 6. The summed E-state index contributed by atoms with van der Waals surface area (Å²) in [5.74, 6) is 0.940. The van der Waals surface area contributed by atoms with Gasteiger partial charge in [0, 0.05) is 16.7 Å². The first kappa shape index (κ1) is 28.7. The van der Waals surface area contributed by atoms with E-state index in [-0.39, 0.29) is 5.41 Å². The van der Waals surface area contributed by atoms with Gasteiger partial charge in [-0.25, -0.2) is 4.98 Å². The van der Waals surface area contributed by atoms with Crippen LogP contribution >= 0.6 is 0 Å². The summed E-state index contributed by atoms with van der Waals surface area (Å²) >= 11 is 0. The summed E-state index contributed by atoms with van der Waals surface area (Å²) < 4.78 is 2.26. The average Bonchev–Trinajstić information content (AvgIpc) is 3.67. The molecule has 2 heteroatoms. The molecule has 2 nitrogen and oxygen atoms in total. The Morgan fingerprint density at radius 1 is 0.440 bits per heavy atom. The molecular weight excluding hydrogens is 605 g/mol. The van der Waals surface area contributed by atoms with E-state index in [0.29, 0.717) is 0 Å². The number of rotatable bonds is 4. The first-order valence-electron chi connectivity index (χ1n) is 17.4. The predicted molar refractivity (Wildman–Crippen MR) is 210 cm³/mol. The van der Waals surface area contributed by atoms with Crippen molar-refractivity contribution in [3.8, 4) is 50.5 Å². The van der Waals surface area contributed by atoms with Gasteiger partial charge in [-0.15, -0.1) is 0 Å². The molecule has 1 aromatic heterocycles. The Kier molecular flexibility index (Phi) is 6.25. The highest BCUT2D eigenvalue weighted by atomic mass is 15.1. The molecule has 8 aromatic carbocycles. The van der Waals surface area contributed by atoms with Crippen molar-refractivity contribution in [1.82, 2.24) is 9.55 Å². The standard InChI is InChI=1S/C48H34N2/c1-48(2)41-21-11-10-16-35(41)36-29-28-33(30-42(36)48)46-39-19-8-6-17-37(39)45(38-18-7-9-20-40(38)46)31-24-26-32(27-25-31)47-49-43-22-12-13-23-44(43)50(47)34-14-4-3-5-15-34/h3-30H,1-2H3. The van der Waals surface area contributed by atoms with Crippen LogP contribution in [0.3, 0.4) is 0 Å². The van der Waals surface area contributed by atoms with Crippen LogP contribution in [-0.4, -0.2) is 9.55 Å². The fourth-order valence-corrected chi connectivity index (χ4v) is 8.45. The first-order valence-corrected chi connectivity index (χ1v) is 17.4. The zero-order valence-electron chi connectivity index (χ0n) is 28.1. The fourth-order valence-electron chi connectivity index (χ4n) is 8.45. The van der Waals surface area contributed by atoms with Crippen molar-refractivity contribution in [2.24, 2.45) is 0 Å². The summed E-state index contributed by atoms with van der Waals surface area (Å²) in [7, 11) is 0. The van der Waals surface area contributed by atoms with Gasteiger partial charge in [0.15, 0.2) is 0 Å². The van der Waals surface area contributed by atoms with Gasteiger partial charge in [0.25, 0.3) is 0 Å². The van der Waals surface area contributed by atoms with E-state index in [9.17, 15) is 0 Å². The van der Waals surface area contributed by atoms with Crippen molar-refractivity contribution in [3.05, 3.63) is 181 Å². The zero-order valence-corrected chi connectivity index (χ0v) is 28.1. The smallest absolute Gasteiger partial charge is 0.145 e. The molecule has 1 aliphatic carbocycles. The van der Waals surface area contributed by atoms with Gasteiger partial charge in [0.05, 0.1) is 11.0 Å². The Hall–Kier alpha value is -6.25. The minimum Gasteiger partial charge on any atom is -0.292 e. The third kappa shape index (κ3) is 4.18. The van der Waals surface area contributed by atoms with Crippen molar-refractivity contribution in [2.75, 3.05) is 0 Å². The van der Waals surface area contributed by atoms with E-state index in [1.807, 2.05) is 0 Å². The van der Waals surface area contributed by atoms with Crippen molar-refractivity contribution >= 4 is 32.6 Å². The van der Waals surface area contributed by atoms with Crippen LogP contribution in [0.2, 0.25) is 0 Å². The van der Waals surface area contributed by atoms with Gasteiger partial charge in [-0.3, -0.25) is 4.57 Å². The summed E-state index contributed by atoms with van der Waals surface area (Å²) in [6.45, 7) is 4.72. The van der Waals surface area contributed by atoms with Crippen molar-refractivity contribution in [2.45, 2.75) is 19.3 Å². The van der Waals surface area contributed by atoms with Crippen molar-refractivity contribution < 1.29 is 0 Å². The number of aromatic nitrogens is 2. The van der Waals surface area contributed by atoms with Gasteiger partial charge in [-0.1, -0.05) is 153 Å². The van der Waals surface area contributed by atoms with E-state index >= 15 is 0 Å². The highest BCUT2D eigenvalue weighted by Crippen LogP contribution is 2.51. The molecule has 1 heterocycles. The van der Waals surface area contributed by atoms with Crippen molar-refractivity contribution in [3.63, 3.8) is 0 Å². The van der Waals surface area contributed by atoms with Crippen LogP contribution in [0.1, 0.15) is 25.0 Å². The minimum atomic E-state index is -0.0592. The largest absolute Gasteiger partial charge is 0.292 e. The molecule has 0 aliphatic heterocycles. The number of nitrogens with zero attached hydrogens (tertiary/aromatic N) is 2. The van der Waals surface area contributed by atoms with E-state index in [4.69, 9.17) is 4.98 Å². The molecule has 0 saturated carbocycles. The Morgan fingerprint density at radius 3 is 1.66 bits per heavy atom. The topological polar surface area (TPSA) is 17.8 Å². The zero-order chi connectivity index (χ0) is 33.4.